The zero-order valence-electron chi connectivity index (χ0n) is 17.9. The first-order chi connectivity index (χ1) is 14.5. The standard InChI is InChI=1S/C23H28N4O2S/c1-5-27(14-22(28)26-20-8-6-7-9-21(20)29-4)13-19-15-30-23(25-19)24-18-11-10-16(2)17(3)12-18/h6-12,15H,5,13-14H2,1-4H3,(H,24,25)(H,26,28)/p+1. The molecule has 1 atom stereocenters. The molecule has 3 rings (SSSR count). The largest absolute Gasteiger partial charge is 0.495 e. The highest BCUT2D eigenvalue weighted by molar-refractivity contribution is 7.13. The number of methoxy groups -OCH3 is 1. The summed E-state index contributed by atoms with van der Waals surface area (Å²) in [6.45, 7) is 8.18. The lowest BCUT2D eigenvalue weighted by atomic mass is 10.1. The van der Waals surface area contributed by atoms with Gasteiger partial charge in [0, 0.05) is 11.1 Å². The number of hydrogen-bond donors (Lipinski definition) is 3. The number of hydrogen-bond acceptors (Lipinski definition) is 5. The van der Waals surface area contributed by atoms with Gasteiger partial charge in [0.25, 0.3) is 5.91 Å². The van der Waals surface area contributed by atoms with Gasteiger partial charge in [-0.15, -0.1) is 11.3 Å². The Kier molecular flexibility index (Phi) is 7.43. The predicted molar refractivity (Wildman–Crippen MR) is 123 cm³/mol. The smallest absolute Gasteiger partial charge is 0.279 e. The number of para-hydroxylation sites is 2. The Morgan fingerprint density at radius 3 is 2.70 bits per heavy atom. The molecule has 0 aliphatic heterocycles. The third-order valence-electron chi connectivity index (χ3n) is 5.03. The highest BCUT2D eigenvalue weighted by atomic mass is 32.1. The van der Waals surface area contributed by atoms with Crippen LogP contribution in [0.2, 0.25) is 0 Å². The molecule has 1 unspecified atom stereocenters. The van der Waals surface area contributed by atoms with E-state index in [2.05, 4.69) is 55.0 Å². The van der Waals surface area contributed by atoms with E-state index in [1.165, 1.54) is 11.1 Å². The van der Waals surface area contributed by atoms with E-state index in [0.717, 1.165) is 28.0 Å². The average Bonchev–Trinajstić information content (AvgIpc) is 3.17. The van der Waals surface area contributed by atoms with Gasteiger partial charge in [-0.2, -0.15) is 0 Å². The SMILES string of the molecule is CC[NH+](CC(=O)Nc1ccccc1OC)Cc1csc(Nc2ccc(C)c(C)c2)n1. The number of rotatable bonds is 9. The summed E-state index contributed by atoms with van der Waals surface area (Å²) < 4.78 is 5.30. The van der Waals surface area contributed by atoms with Crippen molar-refractivity contribution in [2.45, 2.75) is 27.3 Å². The van der Waals surface area contributed by atoms with E-state index in [9.17, 15) is 4.79 Å². The van der Waals surface area contributed by atoms with Gasteiger partial charge in [0.2, 0.25) is 0 Å². The third-order valence-corrected chi connectivity index (χ3v) is 5.84. The molecule has 0 radical (unpaired) electrons. The molecule has 0 bridgehead atoms. The monoisotopic (exact) mass is 425 g/mol. The normalized spacial score (nSPS) is 11.7. The minimum Gasteiger partial charge on any atom is -0.495 e. The van der Waals surface area contributed by atoms with Crippen LogP contribution in [0.15, 0.2) is 47.8 Å². The van der Waals surface area contributed by atoms with Gasteiger partial charge in [-0.1, -0.05) is 18.2 Å². The van der Waals surface area contributed by atoms with Crippen LogP contribution >= 0.6 is 11.3 Å². The van der Waals surface area contributed by atoms with E-state index in [0.29, 0.717) is 24.5 Å². The van der Waals surface area contributed by atoms with Crippen molar-refractivity contribution < 1.29 is 14.4 Å². The van der Waals surface area contributed by atoms with E-state index in [1.54, 1.807) is 18.4 Å². The molecule has 158 valence electrons. The summed E-state index contributed by atoms with van der Waals surface area (Å²) in [5, 5.41) is 9.24. The molecule has 3 aromatic rings. The Morgan fingerprint density at radius 2 is 1.97 bits per heavy atom. The molecule has 7 heteroatoms. The molecule has 1 amide bonds. The molecule has 6 nitrogen and oxygen atoms in total. The number of anilines is 3. The van der Waals surface area contributed by atoms with E-state index >= 15 is 0 Å². The van der Waals surface area contributed by atoms with Gasteiger partial charge in [0.15, 0.2) is 11.7 Å². The van der Waals surface area contributed by atoms with E-state index in [4.69, 9.17) is 9.72 Å². The fourth-order valence-electron chi connectivity index (χ4n) is 3.13. The summed E-state index contributed by atoms with van der Waals surface area (Å²) in [5.41, 5.74) is 5.23. The molecule has 0 saturated heterocycles. The number of amides is 1. The second-order valence-corrected chi connectivity index (χ2v) is 8.13. The van der Waals surface area contributed by atoms with Crippen LogP contribution < -0.4 is 20.3 Å². The maximum absolute atomic E-state index is 12.5. The van der Waals surface area contributed by atoms with Crippen molar-refractivity contribution in [2.75, 3.05) is 30.8 Å². The summed E-state index contributed by atoms with van der Waals surface area (Å²) in [6, 6.07) is 13.7. The van der Waals surface area contributed by atoms with Crippen molar-refractivity contribution in [3.05, 3.63) is 64.7 Å². The quantitative estimate of drug-likeness (QED) is 0.490. The Labute approximate surface area is 181 Å². The van der Waals surface area contributed by atoms with Gasteiger partial charge < -0.3 is 20.3 Å². The molecule has 3 N–H and O–H groups in total. The summed E-state index contributed by atoms with van der Waals surface area (Å²) in [5.74, 6) is 0.616. The van der Waals surface area contributed by atoms with Crippen LogP contribution in [0.25, 0.3) is 0 Å². The van der Waals surface area contributed by atoms with E-state index in [-0.39, 0.29) is 5.91 Å². The van der Waals surface area contributed by atoms with Gasteiger partial charge in [-0.3, -0.25) is 4.79 Å². The number of benzene rings is 2. The number of thiazole rings is 1. The van der Waals surface area contributed by atoms with E-state index < -0.39 is 0 Å². The minimum atomic E-state index is -0.0416. The molecular formula is C23H29N4O2S+. The highest BCUT2D eigenvalue weighted by Crippen LogP contribution is 2.23. The lowest BCUT2D eigenvalue weighted by molar-refractivity contribution is -0.904. The third kappa shape index (κ3) is 5.81. The maximum atomic E-state index is 12.5. The van der Waals surface area contributed by atoms with Gasteiger partial charge in [0.05, 0.1) is 19.3 Å². The van der Waals surface area contributed by atoms with Crippen LogP contribution in [0, 0.1) is 13.8 Å². The fourth-order valence-corrected chi connectivity index (χ4v) is 3.86. The van der Waals surface area contributed by atoms with Gasteiger partial charge >= 0.3 is 0 Å². The topological polar surface area (TPSA) is 67.7 Å². The number of carbonyl (C=O) groups is 1. The maximum Gasteiger partial charge on any atom is 0.279 e. The minimum absolute atomic E-state index is 0.0416. The van der Waals surface area contributed by atoms with Crippen LogP contribution in [0.5, 0.6) is 5.75 Å². The first-order valence-electron chi connectivity index (χ1n) is 10.0. The molecule has 0 saturated carbocycles. The number of carbonyl (C=O) groups excluding carboxylic acids is 1. The van der Waals surface area contributed by atoms with Crippen molar-refractivity contribution in [3.8, 4) is 5.75 Å². The summed E-state index contributed by atoms with van der Waals surface area (Å²) in [6.07, 6.45) is 0. The summed E-state index contributed by atoms with van der Waals surface area (Å²) in [4.78, 5) is 18.4. The second-order valence-electron chi connectivity index (χ2n) is 7.27. The predicted octanol–water partition coefficient (Wildman–Crippen LogP) is 3.56. The summed E-state index contributed by atoms with van der Waals surface area (Å²) in [7, 11) is 1.60. The number of nitrogens with one attached hydrogen (secondary N) is 3. The van der Waals surface area contributed by atoms with Crippen LogP contribution in [0.3, 0.4) is 0 Å². The van der Waals surface area contributed by atoms with Gasteiger partial charge in [-0.05, 0) is 56.2 Å². The zero-order chi connectivity index (χ0) is 21.5. The number of aryl methyl sites for hydroxylation is 2. The first kappa shape index (κ1) is 21.8. The van der Waals surface area contributed by atoms with Crippen molar-refractivity contribution in [1.29, 1.82) is 0 Å². The van der Waals surface area contributed by atoms with Crippen molar-refractivity contribution in [2.24, 2.45) is 0 Å². The molecular weight excluding hydrogens is 396 g/mol. The molecule has 0 aliphatic rings. The Bertz CT molecular complexity index is 1000. The fraction of sp³-hybridized carbons (Fsp3) is 0.304. The Hall–Kier alpha value is -2.90. The Morgan fingerprint density at radius 1 is 1.17 bits per heavy atom. The number of quaternary nitrogens is 1. The molecule has 0 aliphatic carbocycles. The van der Waals surface area contributed by atoms with Crippen molar-refractivity contribution in [3.63, 3.8) is 0 Å². The lowest BCUT2D eigenvalue weighted by Gasteiger charge is -2.17. The summed E-state index contributed by atoms with van der Waals surface area (Å²) >= 11 is 1.58. The average molecular weight is 426 g/mol. The van der Waals surface area contributed by atoms with Crippen molar-refractivity contribution in [1.82, 2.24) is 4.98 Å². The molecule has 1 aromatic heterocycles. The van der Waals surface area contributed by atoms with Gasteiger partial charge in [0.1, 0.15) is 18.0 Å². The lowest BCUT2D eigenvalue weighted by Crippen LogP contribution is -3.11. The molecule has 2 aromatic carbocycles. The van der Waals surface area contributed by atoms with Crippen molar-refractivity contribution >= 4 is 33.8 Å². The van der Waals surface area contributed by atoms with Gasteiger partial charge in [-0.25, -0.2) is 4.98 Å². The highest BCUT2D eigenvalue weighted by Gasteiger charge is 2.16. The number of nitrogens with zero attached hydrogens (tertiary/aromatic N) is 1. The molecule has 0 fully saturated rings. The van der Waals surface area contributed by atoms with Crippen LogP contribution in [0.1, 0.15) is 23.7 Å². The number of likely N-dealkylation sites (N-methyl/N-ethyl adjacent to an activating group) is 1. The second kappa shape index (κ2) is 10.2. The van der Waals surface area contributed by atoms with E-state index in [1.807, 2.05) is 24.3 Å². The van der Waals surface area contributed by atoms with Crippen LogP contribution in [-0.2, 0) is 11.3 Å². The zero-order valence-corrected chi connectivity index (χ0v) is 18.7. The molecule has 30 heavy (non-hydrogen) atoms. The van der Waals surface area contributed by atoms with Crippen LogP contribution in [-0.4, -0.2) is 31.1 Å². The molecule has 1 heterocycles. The Balaban J connectivity index is 1.58. The molecule has 0 spiro atoms. The number of ether oxygens (including phenoxy) is 1. The van der Waals surface area contributed by atoms with Crippen LogP contribution in [0.4, 0.5) is 16.5 Å². The first-order valence-corrected chi connectivity index (χ1v) is 10.9. The number of aromatic nitrogens is 1.